The quantitative estimate of drug-likeness (QED) is 0.582. The second-order valence-corrected chi connectivity index (χ2v) is 2.84. The number of carboxylic acids is 1. The van der Waals surface area contributed by atoms with Gasteiger partial charge in [0.25, 0.3) is 0 Å². The molecule has 0 saturated carbocycles. The summed E-state index contributed by atoms with van der Waals surface area (Å²) in [6.45, 7) is 0. The largest absolute Gasteiger partial charge is 0.496 e. The number of rotatable bonds is 3. The molecule has 3 N–H and O–H groups in total. The van der Waals surface area contributed by atoms with E-state index in [0.717, 1.165) is 0 Å². The van der Waals surface area contributed by atoms with E-state index < -0.39 is 5.97 Å². The number of anilines is 1. The normalized spacial score (nSPS) is 9.50. The Labute approximate surface area is 86.3 Å². The molecule has 5 heteroatoms. The van der Waals surface area contributed by atoms with E-state index in [1.807, 2.05) is 0 Å². The van der Waals surface area contributed by atoms with Crippen LogP contribution in [-0.2, 0) is 0 Å². The Morgan fingerprint density at radius 1 is 1.64 bits per heavy atom. The van der Waals surface area contributed by atoms with Crippen LogP contribution in [0.4, 0.5) is 5.69 Å². The number of nitrogen functional groups attached to an aromatic ring is 1. The average Bonchev–Trinajstić information content (AvgIpc) is 2.16. The number of methoxy groups -OCH3 is 1. The third-order valence-corrected chi connectivity index (χ3v) is 2.02. The number of carbonyl (C=O) groups is 1. The SMILES string of the molecule is COc1cc(N)c(C=S)cc1C(=O)O. The summed E-state index contributed by atoms with van der Waals surface area (Å²) in [7, 11) is 1.39. The molecule has 0 bridgehead atoms. The molecule has 14 heavy (non-hydrogen) atoms. The lowest BCUT2D eigenvalue weighted by atomic mass is 10.1. The van der Waals surface area contributed by atoms with E-state index in [9.17, 15) is 4.79 Å². The van der Waals surface area contributed by atoms with E-state index >= 15 is 0 Å². The van der Waals surface area contributed by atoms with Gasteiger partial charge in [-0.2, -0.15) is 0 Å². The molecule has 0 heterocycles. The maximum absolute atomic E-state index is 10.8. The summed E-state index contributed by atoms with van der Waals surface area (Å²) in [6.07, 6.45) is 0. The zero-order valence-electron chi connectivity index (χ0n) is 7.48. The van der Waals surface area contributed by atoms with Crippen molar-refractivity contribution < 1.29 is 14.6 Å². The lowest BCUT2D eigenvalue weighted by Gasteiger charge is -2.07. The van der Waals surface area contributed by atoms with Crippen LogP contribution < -0.4 is 10.5 Å². The zero-order valence-corrected chi connectivity index (χ0v) is 8.30. The number of hydrogen-bond acceptors (Lipinski definition) is 4. The molecule has 0 aliphatic heterocycles. The van der Waals surface area contributed by atoms with E-state index in [2.05, 4.69) is 0 Å². The van der Waals surface area contributed by atoms with E-state index in [4.69, 9.17) is 27.8 Å². The monoisotopic (exact) mass is 211 g/mol. The van der Waals surface area contributed by atoms with Gasteiger partial charge in [0.2, 0.25) is 0 Å². The summed E-state index contributed by atoms with van der Waals surface area (Å²) in [6, 6.07) is 2.84. The molecule has 0 fully saturated rings. The molecule has 74 valence electrons. The fourth-order valence-corrected chi connectivity index (χ4v) is 1.25. The third kappa shape index (κ3) is 1.82. The Balaban J connectivity index is 3.39. The van der Waals surface area contributed by atoms with Gasteiger partial charge in [-0.3, -0.25) is 0 Å². The molecule has 0 amide bonds. The van der Waals surface area contributed by atoms with Crippen LogP contribution in [0.5, 0.6) is 5.75 Å². The number of benzene rings is 1. The highest BCUT2D eigenvalue weighted by Gasteiger charge is 2.13. The van der Waals surface area contributed by atoms with Crippen molar-refractivity contribution in [3.8, 4) is 5.75 Å². The van der Waals surface area contributed by atoms with Gasteiger partial charge >= 0.3 is 5.97 Å². The first kappa shape index (κ1) is 10.5. The minimum Gasteiger partial charge on any atom is -0.496 e. The minimum atomic E-state index is -1.07. The number of carboxylic acid groups (broad SMARTS) is 1. The molecule has 1 aromatic rings. The second-order valence-electron chi connectivity index (χ2n) is 2.60. The number of nitrogens with two attached hydrogens (primary N) is 1. The predicted molar refractivity (Wildman–Crippen MR) is 57.1 cm³/mol. The Kier molecular flexibility index (Phi) is 3.03. The second kappa shape index (κ2) is 4.06. The smallest absolute Gasteiger partial charge is 0.339 e. The van der Waals surface area contributed by atoms with E-state index in [1.165, 1.54) is 24.6 Å². The van der Waals surface area contributed by atoms with Crippen molar-refractivity contribution in [2.24, 2.45) is 0 Å². The maximum atomic E-state index is 10.8. The molecule has 1 aromatic carbocycles. The first-order chi connectivity index (χ1) is 6.60. The third-order valence-electron chi connectivity index (χ3n) is 1.76. The average molecular weight is 211 g/mol. The van der Waals surface area contributed by atoms with Gasteiger partial charge < -0.3 is 15.6 Å². The number of thiocarbonyl (C=S) groups is 1. The molecule has 0 radical (unpaired) electrons. The lowest BCUT2D eigenvalue weighted by Crippen LogP contribution is -2.04. The van der Waals surface area contributed by atoms with Crippen LogP contribution in [-0.4, -0.2) is 23.6 Å². The van der Waals surface area contributed by atoms with Crippen molar-refractivity contribution in [1.29, 1.82) is 0 Å². The van der Waals surface area contributed by atoms with Crippen molar-refractivity contribution in [2.75, 3.05) is 12.8 Å². The number of ether oxygens (including phenoxy) is 1. The lowest BCUT2D eigenvalue weighted by molar-refractivity contribution is 0.0693. The van der Waals surface area contributed by atoms with E-state index in [1.54, 1.807) is 0 Å². The van der Waals surface area contributed by atoms with Crippen molar-refractivity contribution in [3.63, 3.8) is 0 Å². The Morgan fingerprint density at radius 2 is 2.29 bits per heavy atom. The molecule has 0 aliphatic carbocycles. The predicted octanol–water partition coefficient (Wildman–Crippen LogP) is 1.32. The fraction of sp³-hybridized carbons (Fsp3) is 0.111. The van der Waals surface area contributed by atoms with Gasteiger partial charge in [0.1, 0.15) is 11.3 Å². The first-order valence-corrected chi connectivity index (χ1v) is 4.23. The Morgan fingerprint density at radius 3 is 2.71 bits per heavy atom. The van der Waals surface area contributed by atoms with Crippen LogP contribution in [0.3, 0.4) is 0 Å². The molecule has 0 saturated heterocycles. The molecule has 0 aliphatic rings. The molecular formula is C9H9NO3S. The maximum Gasteiger partial charge on any atom is 0.339 e. The van der Waals surface area contributed by atoms with Crippen molar-refractivity contribution in [1.82, 2.24) is 0 Å². The minimum absolute atomic E-state index is 0.0535. The first-order valence-electron chi connectivity index (χ1n) is 3.76. The molecule has 0 spiro atoms. The van der Waals surface area contributed by atoms with Gasteiger partial charge in [0, 0.05) is 22.7 Å². The molecular weight excluding hydrogens is 202 g/mol. The molecule has 1 rings (SSSR count). The Bertz CT molecular complexity index is 390. The highest BCUT2D eigenvalue weighted by Crippen LogP contribution is 2.24. The zero-order chi connectivity index (χ0) is 10.7. The molecule has 0 aromatic heterocycles. The van der Waals surface area contributed by atoms with Crippen LogP contribution in [0.15, 0.2) is 12.1 Å². The van der Waals surface area contributed by atoms with Crippen LogP contribution in [0.1, 0.15) is 15.9 Å². The van der Waals surface area contributed by atoms with Crippen molar-refractivity contribution in [2.45, 2.75) is 0 Å². The number of aromatic carboxylic acids is 1. The number of hydrogen-bond donors (Lipinski definition) is 2. The summed E-state index contributed by atoms with van der Waals surface area (Å²) < 4.78 is 4.88. The highest BCUT2D eigenvalue weighted by atomic mass is 32.1. The summed E-state index contributed by atoms with van der Waals surface area (Å²) in [4.78, 5) is 10.8. The van der Waals surface area contributed by atoms with Gasteiger partial charge in [0.05, 0.1) is 7.11 Å². The molecule has 0 atom stereocenters. The van der Waals surface area contributed by atoms with Crippen LogP contribution >= 0.6 is 12.2 Å². The summed E-state index contributed by atoms with van der Waals surface area (Å²) >= 11 is 4.69. The molecule has 0 unspecified atom stereocenters. The summed E-state index contributed by atoms with van der Waals surface area (Å²) in [5.74, 6) is -0.837. The Hall–Kier alpha value is -1.62. The van der Waals surface area contributed by atoms with Crippen LogP contribution in [0, 0.1) is 0 Å². The highest BCUT2D eigenvalue weighted by molar-refractivity contribution is 7.79. The van der Waals surface area contributed by atoms with Gasteiger partial charge in [-0.25, -0.2) is 4.79 Å². The van der Waals surface area contributed by atoms with Crippen LogP contribution in [0.25, 0.3) is 0 Å². The van der Waals surface area contributed by atoms with E-state index in [-0.39, 0.29) is 11.3 Å². The van der Waals surface area contributed by atoms with Gasteiger partial charge in [-0.1, -0.05) is 12.2 Å². The summed E-state index contributed by atoms with van der Waals surface area (Å²) in [5.41, 5.74) is 6.58. The van der Waals surface area contributed by atoms with Gasteiger partial charge in [-0.05, 0) is 6.07 Å². The van der Waals surface area contributed by atoms with Crippen LogP contribution in [0.2, 0.25) is 0 Å². The topological polar surface area (TPSA) is 72.5 Å². The van der Waals surface area contributed by atoms with Gasteiger partial charge in [-0.15, -0.1) is 0 Å². The molecule has 4 nitrogen and oxygen atoms in total. The standard InChI is InChI=1S/C9H9NO3S/c1-13-8-3-7(10)5(4-14)2-6(8)9(11)12/h2-4H,10H2,1H3,(H,11,12). The van der Waals surface area contributed by atoms with Gasteiger partial charge in [0.15, 0.2) is 0 Å². The fourth-order valence-electron chi connectivity index (χ4n) is 1.05. The summed E-state index contributed by atoms with van der Waals surface area (Å²) in [5, 5.41) is 10.2. The van der Waals surface area contributed by atoms with E-state index in [0.29, 0.717) is 11.3 Å². The van der Waals surface area contributed by atoms with Crippen molar-refractivity contribution in [3.05, 3.63) is 23.3 Å². The van der Waals surface area contributed by atoms with Crippen molar-refractivity contribution >= 4 is 29.2 Å².